The molecule has 0 aliphatic carbocycles. The van der Waals surface area contributed by atoms with Crippen molar-refractivity contribution in [2.45, 2.75) is 45.3 Å². The maximum atomic E-state index is 5.50. The first-order valence-electron chi connectivity index (χ1n) is 9.27. The fourth-order valence-corrected chi connectivity index (χ4v) is 3.77. The molecule has 1 saturated heterocycles. The monoisotopic (exact) mass is 378 g/mol. The Morgan fingerprint density at radius 3 is 2.85 bits per heavy atom. The third-order valence-corrected chi connectivity index (χ3v) is 5.06. The van der Waals surface area contributed by atoms with Crippen molar-refractivity contribution in [2.75, 3.05) is 26.2 Å². The van der Waals surface area contributed by atoms with Gasteiger partial charge in [-0.05, 0) is 38.9 Å². The number of piperidine rings is 1. The molecule has 2 aromatic heterocycles. The second-order valence-corrected chi connectivity index (χ2v) is 6.75. The van der Waals surface area contributed by atoms with Gasteiger partial charge < -0.3 is 14.6 Å². The van der Waals surface area contributed by atoms with E-state index >= 15 is 0 Å². The number of fused-ring (bicyclic) bond motifs is 1. The van der Waals surface area contributed by atoms with Crippen LogP contribution in [0.15, 0.2) is 18.2 Å². The topological polar surface area (TPSA) is 68.1 Å². The van der Waals surface area contributed by atoms with Crippen molar-refractivity contribution in [3.8, 4) is 5.88 Å². The van der Waals surface area contributed by atoms with Crippen LogP contribution in [0.5, 0.6) is 5.88 Å². The van der Waals surface area contributed by atoms with Gasteiger partial charge in [-0.1, -0.05) is 6.07 Å². The second-order valence-electron chi connectivity index (χ2n) is 6.75. The lowest BCUT2D eigenvalue weighted by molar-refractivity contribution is 0.196. The maximum Gasteiger partial charge on any atom is 0.213 e. The highest BCUT2D eigenvalue weighted by Crippen LogP contribution is 2.28. The van der Waals surface area contributed by atoms with Crippen molar-refractivity contribution < 1.29 is 4.74 Å². The van der Waals surface area contributed by atoms with Crippen molar-refractivity contribution >= 4 is 12.4 Å². The number of halogens is 1. The first-order valence-corrected chi connectivity index (χ1v) is 9.27. The molecule has 8 heteroatoms. The predicted molar refractivity (Wildman–Crippen MR) is 102 cm³/mol. The van der Waals surface area contributed by atoms with Crippen LogP contribution in [0.4, 0.5) is 0 Å². The largest absolute Gasteiger partial charge is 0.478 e. The van der Waals surface area contributed by atoms with E-state index in [9.17, 15) is 0 Å². The van der Waals surface area contributed by atoms with E-state index in [0.29, 0.717) is 12.5 Å². The molecule has 4 rings (SSSR count). The summed E-state index contributed by atoms with van der Waals surface area (Å²) >= 11 is 0. The molecule has 2 aliphatic heterocycles. The normalized spacial score (nSPS) is 18.2. The molecule has 1 fully saturated rings. The molecule has 1 N–H and O–H groups in total. The van der Waals surface area contributed by atoms with Gasteiger partial charge in [-0.3, -0.25) is 4.90 Å². The molecule has 0 saturated carbocycles. The molecule has 0 spiro atoms. The number of rotatable bonds is 5. The molecule has 0 aromatic carbocycles. The summed E-state index contributed by atoms with van der Waals surface area (Å²) in [6.45, 7) is 8.52. The van der Waals surface area contributed by atoms with Crippen molar-refractivity contribution in [2.24, 2.45) is 0 Å². The van der Waals surface area contributed by atoms with E-state index in [1.54, 1.807) is 0 Å². The van der Waals surface area contributed by atoms with Crippen LogP contribution < -0.4 is 10.1 Å². The molecule has 2 aromatic rings. The zero-order valence-electron chi connectivity index (χ0n) is 15.2. The molecule has 0 bridgehead atoms. The van der Waals surface area contributed by atoms with Gasteiger partial charge in [0.1, 0.15) is 11.6 Å². The third-order valence-electron chi connectivity index (χ3n) is 5.06. The van der Waals surface area contributed by atoms with Gasteiger partial charge in [0.05, 0.1) is 18.8 Å². The number of pyridine rings is 1. The Morgan fingerprint density at radius 1 is 1.19 bits per heavy atom. The van der Waals surface area contributed by atoms with Gasteiger partial charge in [0.25, 0.3) is 0 Å². The average molecular weight is 379 g/mol. The lowest BCUT2D eigenvalue weighted by atomic mass is 9.95. The minimum atomic E-state index is 0. The van der Waals surface area contributed by atoms with Crippen molar-refractivity contribution in [3.05, 3.63) is 35.5 Å². The summed E-state index contributed by atoms with van der Waals surface area (Å²) < 4.78 is 7.83. The van der Waals surface area contributed by atoms with Gasteiger partial charge in [-0.15, -0.1) is 22.6 Å². The molecule has 2 aliphatic rings. The summed E-state index contributed by atoms with van der Waals surface area (Å²) in [5.74, 6) is 3.52. The Labute approximate surface area is 160 Å². The second kappa shape index (κ2) is 8.79. The molecule has 26 heavy (non-hydrogen) atoms. The Kier molecular flexibility index (Phi) is 6.45. The number of ether oxygens (including phenoxy) is 1. The van der Waals surface area contributed by atoms with E-state index in [1.807, 2.05) is 19.1 Å². The molecule has 0 unspecified atom stereocenters. The summed E-state index contributed by atoms with van der Waals surface area (Å²) in [5, 5.41) is 12.2. The van der Waals surface area contributed by atoms with E-state index in [-0.39, 0.29) is 12.4 Å². The fourth-order valence-electron chi connectivity index (χ4n) is 3.77. The maximum absolute atomic E-state index is 5.50. The highest BCUT2D eigenvalue weighted by atomic mass is 35.5. The van der Waals surface area contributed by atoms with Crippen LogP contribution in [0.1, 0.15) is 43.0 Å². The first-order chi connectivity index (χ1) is 12.3. The molecular formula is C18H27ClN6O. The van der Waals surface area contributed by atoms with Crippen molar-refractivity contribution in [3.63, 3.8) is 0 Å². The number of nitrogens with one attached hydrogen (secondary N) is 1. The number of likely N-dealkylation sites (tertiary alicyclic amines) is 1. The smallest absolute Gasteiger partial charge is 0.213 e. The molecule has 0 radical (unpaired) electrons. The number of hydrogen-bond acceptors (Lipinski definition) is 6. The van der Waals surface area contributed by atoms with E-state index in [0.717, 1.165) is 69.5 Å². The SMILES string of the molecule is CCOc1cccc(CN2CCC(c3nnc4n3CCNC4)CC2)n1.Cl. The highest BCUT2D eigenvalue weighted by molar-refractivity contribution is 5.85. The molecular weight excluding hydrogens is 352 g/mol. The summed E-state index contributed by atoms with van der Waals surface area (Å²) in [7, 11) is 0. The van der Waals surface area contributed by atoms with Gasteiger partial charge >= 0.3 is 0 Å². The van der Waals surface area contributed by atoms with E-state index in [1.165, 1.54) is 5.82 Å². The van der Waals surface area contributed by atoms with Gasteiger partial charge in [0.15, 0.2) is 0 Å². The van der Waals surface area contributed by atoms with Crippen LogP contribution >= 0.6 is 12.4 Å². The number of aromatic nitrogens is 4. The number of nitrogens with zero attached hydrogens (tertiary/aromatic N) is 5. The predicted octanol–water partition coefficient (Wildman–Crippen LogP) is 1.98. The number of hydrogen-bond donors (Lipinski definition) is 1. The third kappa shape index (κ3) is 4.16. The van der Waals surface area contributed by atoms with Crippen LogP contribution in [-0.2, 0) is 19.6 Å². The fraction of sp³-hybridized carbons (Fsp3) is 0.611. The minimum absolute atomic E-state index is 0. The van der Waals surface area contributed by atoms with Gasteiger partial charge in [-0.25, -0.2) is 4.98 Å². The Morgan fingerprint density at radius 2 is 2.04 bits per heavy atom. The highest BCUT2D eigenvalue weighted by Gasteiger charge is 2.27. The van der Waals surface area contributed by atoms with Crippen LogP contribution in [0.2, 0.25) is 0 Å². The summed E-state index contributed by atoms with van der Waals surface area (Å²) in [6.07, 6.45) is 2.27. The van der Waals surface area contributed by atoms with Gasteiger partial charge in [0, 0.05) is 31.6 Å². The minimum Gasteiger partial charge on any atom is -0.478 e. The first kappa shape index (κ1) is 19.1. The van der Waals surface area contributed by atoms with Crippen molar-refractivity contribution in [1.29, 1.82) is 0 Å². The summed E-state index contributed by atoms with van der Waals surface area (Å²) in [4.78, 5) is 7.06. The van der Waals surface area contributed by atoms with E-state index in [4.69, 9.17) is 4.74 Å². The van der Waals surface area contributed by atoms with Crippen LogP contribution in [0.25, 0.3) is 0 Å². The Hall–Kier alpha value is -1.70. The quantitative estimate of drug-likeness (QED) is 0.858. The van der Waals surface area contributed by atoms with Crippen LogP contribution in [0.3, 0.4) is 0 Å². The van der Waals surface area contributed by atoms with E-state index < -0.39 is 0 Å². The molecule has 0 amide bonds. The lowest BCUT2D eigenvalue weighted by Crippen LogP contribution is -2.35. The zero-order valence-corrected chi connectivity index (χ0v) is 16.0. The standard InChI is InChI=1S/C18H26N6O.ClH/c1-2-25-17-5-3-4-15(20-17)13-23-9-6-14(7-10-23)18-22-21-16-12-19-8-11-24(16)18;/h3-5,14,19H,2,6-13H2,1H3;1H. The molecule has 142 valence electrons. The zero-order chi connectivity index (χ0) is 17.1. The molecule has 4 heterocycles. The lowest BCUT2D eigenvalue weighted by Gasteiger charge is -2.31. The van der Waals surface area contributed by atoms with Crippen LogP contribution in [0, 0.1) is 0 Å². The van der Waals surface area contributed by atoms with Gasteiger partial charge in [0.2, 0.25) is 5.88 Å². The van der Waals surface area contributed by atoms with Gasteiger partial charge in [-0.2, -0.15) is 0 Å². The van der Waals surface area contributed by atoms with Crippen molar-refractivity contribution in [1.82, 2.24) is 30.0 Å². The average Bonchev–Trinajstić information content (AvgIpc) is 3.07. The molecule has 7 nitrogen and oxygen atoms in total. The van der Waals surface area contributed by atoms with E-state index in [2.05, 4.69) is 36.0 Å². The Balaban J connectivity index is 0.00000196. The van der Waals surface area contributed by atoms with Crippen LogP contribution in [-0.4, -0.2) is 50.9 Å². The molecule has 0 atom stereocenters. The summed E-state index contributed by atoms with van der Waals surface area (Å²) in [6, 6.07) is 6.02. The Bertz CT molecular complexity index is 713. The summed E-state index contributed by atoms with van der Waals surface area (Å²) in [5.41, 5.74) is 1.08.